The topological polar surface area (TPSA) is 65.3 Å². The van der Waals surface area contributed by atoms with Gasteiger partial charge in [0.25, 0.3) is 5.09 Å². The van der Waals surface area contributed by atoms with Gasteiger partial charge >= 0.3 is 0 Å². The van der Waals surface area contributed by atoms with Crippen LogP contribution in [0.3, 0.4) is 0 Å². The first-order valence-corrected chi connectivity index (χ1v) is 3.95. The molecule has 0 atom stereocenters. The van der Waals surface area contributed by atoms with Gasteiger partial charge in [-0.05, 0) is 24.5 Å². The summed E-state index contributed by atoms with van der Waals surface area (Å²) >= 11 is 0. The summed E-state index contributed by atoms with van der Waals surface area (Å²) in [5.41, 5.74) is 1.06. The largest absolute Gasteiger partial charge is 0.314 e. The molecule has 1 aromatic rings. The Morgan fingerprint density at radius 3 is 3.08 bits per heavy atom. The highest BCUT2D eigenvalue weighted by atomic mass is 16.9. The van der Waals surface area contributed by atoms with Crippen molar-refractivity contribution in [3.05, 3.63) is 40.2 Å². The zero-order chi connectivity index (χ0) is 9.52. The van der Waals surface area contributed by atoms with Gasteiger partial charge in [0.15, 0.2) is 0 Å². The smallest absolute Gasteiger partial charge is 0.294 e. The second-order valence-electron chi connectivity index (χ2n) is 2.52. The van der Waals surface area contributed by atoms with E-state index >= 15 is 0 Å². The van der Waals surface area contributed by atoms with E-state index in [-0.39, 0.29) is 6.61 Å². The standard InChI is InChI=1S/C8H10N2O3/c11-10(12)13-6-2-4-8-3-1-5-9-7-8/h1,3,5,7H,2,4,6H2. The second kappa shape index (κ2) is 5.08. The molecule has 0 fully saturated rings. The molecule has 0 amide bonds. The lowest BCUT2D eigenvalue weighted by Gasteiger charge is -1.99. The molecule has 70 valence electrons. The molecule has 13 heavy (non-hydrogen) atoms. The van der Waals surface area contributed by atoms with E-state index in [1.54, 1.807) is 12.4 Å². The zero-order valence-corrected chi connectivity index (χ0v) is 7.05. The summed E-state index contributed by atoms with van der Waals surface area (Å²) in [4.78, 5) is 17.9. The molecular formula is C8H10N2O3. The van der Waals surface area contributed by atoms with E-state index in [1.807, 2.05) is 12.1 Å². The van der Waals surface area contributed by atoms with Crippen molar-refractivity contribution in [1.29, 1.82) is 0 Å². The quantitative estimate of drug-likeness (QED) is 0.390. The van der Waals surface area contributed by atoms with Gasteiger partial charge in [-0.3, -0.25) is 4.98 Å². The van der Waals surface area contributed by atoms with Gasteiger partial charge in [0.05, 0.1) is 6.61 Å². The summed E-state index contributed by atoms with van der Waals surface area (Å²) in [6.45, 7) is 0.141. The van der Waals surface area contributed by atoms with Crippen molar-refractivity contribution < 1.29 is 9.92 Å². The Bertz CT molecular complexity index is 263. The van der Waals surface area contributed by atoms with Crippen LogP contribution in [-0.2, 0) is 11.3 Å². The van der Waals surface area contributed by atoms with Gasteiger partial charge in [-0.15, -0.1) is 10.1 Å². The molecule has 1 rings (SSSR count). The van der Waals surface area contributed by atoms with Gasteiger partial charge in [-0.25, -0.2) is 0 Å². The van der Waals surface area contributed by atoms with Crippen LogP contribution in [0.25, 0.3) is 0 Å². The van der Waals surface area contributed by atoms with E-state index in [1.165, 1.54) is 0 Å². The normalized spacial score (nSPS) is 9.54. The lowest BCUT2D eigenvalue weighted by Crippen LogP contribution is -2.03. The van der Waals surface area contributed by atoms with Gasteiger partial charge in [-0.1, -0.05) is 6.07 Å². The van der Waals surface area contributed by atoms with Crippen LogP contribution in [-0.4, -0.2) is 16.7 Å². The minimum atomic E-state index is -0.775. The van der Waals surface area contributed by atoms with E-state index in [2.05, 4.69) is 9.82 Å². The molecule has 0 aromatic carbocycles. The van der Waals surface area contributed by atoms with Crippen LogP contribution >= 0.6 is 0 Å². The number of aryl methyl sites for hydroxylation is 1. The second-order valence-corrected chi connectivity index (χ2v) is 2.52. The molecule has 1 heterocycles. The molecule has 0 aliphatic heterocycles. The lowest BCUT2D eigenvalue weighted by molar-refractivity contribution is -0.757. The lowest BCUT2D eigenvalue weighted by atomic mass is 10.2. The van der Waals surface area contributed by atoms with E-state index < -0.39 is 5.09 Å². The van der Waals surface area contributed by atoms with Gasteiger partial charge < -0.3 is 4.84 Å². The molecule has 0 spiro atoms. The van der Waals surface area contributed by atoms with E-state index in [9.17, 15) is 10.1 Å². The molecule has 0 aliphatic rings. The highest BCUT2D eigenvalue weighted by Crippen LogP contribution is 2.00. The average Bonchev–Trinajstić information content (AvgIpc) is 2.14. The summed E-state index contributed by atoms with van der Waals surface area (Å²) in [6.07, 6.45) is 4.82. The van der Waals surface area contributed by atoms with E-state index in [0.717, 1.165) is 12.0 Å². The van der Waals surface area contributed by atoms with Gasteiger partial charge in [0, 0.05) is 12.4 Å². The minimum Gasteiger partial charge on any atom is -0.314 e. The predicted molar refractivity (Wildman–Crippen MR) is 45.5 cm³/mol. The number of nitrogens with zero attached hydrogens (tertiary/aromatic N) is 2. The van der Waals surface area contributed by atoms with Crippen LogP contribution in [0.4, 0.5) is 0 Å². The Kier molecular flexibility index (Phi) is 3.69. The van der Waals surface area contributed by atoms with Gasteiger partial charge in [0.1, 0.15) is 0 Å². The third-order valence-electron chi connectivity index (χ3n) is 1.53. The molecule has 0 bridgehead atoms. The van der Waals surface area contributed by atoms with Crippen molar-refractivity contribution >= 4 is 0 Å². The molecule has 5 heteroatoms. The van der Waals surface area contributed by atoms with Crippen molar-refractivity contribution in [2.24, 2.45) is 0 Å². The third kappa shape index (κ3) is 4.05. The summed E-state index contributed by atoms with van der Waals surface area (Å²) in [7, 11) is 0. The van der Waals surface area contributed by atoms with Crippen LogP contribution in [0, 0.1) is 10.1 Å². The maximum absolute atomic E-state index is 9.78. The SMILES string of the molecule is O=[N+]([O-])OCCCc1cccnc1. The highest BCUT2D eigenvalue weighted by molar-refractivity contribution is 5.08. The number of hydrogen-bond acceptors (Lipinski definition) is 4. The first-order chi connectivity index (χ1) is 6.29. The van der Waals surface area contributed by atoms with Crippen LogP contribution in [0.2, 0.25) is 0 Å². The Morgan fingerprint density at radius 1 is 1.62 bits per heavy atom. The number of rotatable bonds is 5. The van der Waals surface area contributed by atoms with Crippen molar-refractivity contribution in [2.75, 3.05) is 6.61 Å². The first kappa shape index (κ1) is 9.44. The maximum Gasteiger partial charge on any atom is 0.294 e. The predicted octanol–water partition coefficient (Wildman–Crippen LogP) is 1.22. The van der Waals surface area contributed by atoms with Gasteiger partial charge in [-0.2, -0.15) is 0 Å². The molecular weight excluding hydrogens is 172 g/mol. The molecule has 0 saturated heterocycles. The molecule has 0 unspecified atom stereocenters. The number of pyridine rings is 1. The Morgan fingerprint density at radius 2 is 2.46 bits per heavy atom. The van der Waals surface area contributed by atoms with Crippen LogP contribution in [0.1, 0.15) is 12.0 Å². The summed E-state index contributed by atoms with van der Waals surface area (Å²) in [5.74, 6) is 0. The first-order valence-electron chi connectivity index (χ1n) is 3.95. The van der Waals surface area contributed by atoms with E-state index in [4.69, 9.17) is 0 Å². The van der Waals surface area contributed by atoms with Crippen LogP contribution in [0.15, 0.2) is 24.5 Å². The third-order valence-corrected chi connectivity index (χ3v) is 1.53. The molecule has 0 N–H and O–H groups in total. The Balaban J connectivity index is 2.17. The number of aromatic nitrogens is 1. The fourth-order valence-electron chi connectivity index (χ4n) is 0.961. The fourth-order valence-corrected chi connectivity index (χ4v) is 0.961. The minimum absolute atomic E-state index is 0.141. The van der Waals surface area contributed by atoms with Gasteiger partial charge in [0.2, 0.25) is 0 Å². The van der Waals surface area contributed by atoms with Crippen molar-refractivity contribution in [2.45, 2.75) is 12.8 Å². The molecule has 0 saturated carbocycles. The van der Waals surface area contributed by atoms with Crippen molar-refractivity contribution in [1.82, 2.24) is 4.98 Å². The summed E-state index contributed by atoms with van der Waals surface area (Å²) in [6, 6.07) is 3.77. The summed E-state index contributed by atoms with van der Waals surface area (Å²) < 4.78 is 0. The van der Waals surface area contributed by atoms with Crippen LogP contribution in [0.5, 0.6) is 0 Å². The monoisotopic (exact) mass is 182 g/mol. The molecule has 0 aliphatic carbocycles. The molecule has 0 radical (unpaired) electrons. The Labute approximate surface area is 75.5 Å². The summed E-state index contributed by atoms with van der Waals surface area (Å²) in [5, 5.41) is 9.01. The Hall–Kier alpha value is -1.65. The zero-order valence-electron chi connectivity index (χ0n) is 7.05. The highest BCUT2D eigenvalue weighted by Gasteiger charge is 1.95. The average molecular weight is 182 g/mol. The van der Waals surface area contributed by atoms with Crippen molar-refractivity contribution in [3.8, 4) is 0 Å². The van der Waals surface area contributed by atoms with Crippen LogP contribution < -0.4 is 0 Å². The number of hydrogen-bond donors (Lipinski definition) is 0. The fraction of sp³-hybridized carbons (Fsp3) is 0.375. The van der Waals surface area contributed by atoms with E-state index in [0.29, 0.717) is 6.42 Å². The molecule has 1 aromatic heterocycles. The van der Waals surface area contributed by atoms with Crippen molar-refractivity contribution in [3.63, 3.8) is 0 Å². The maximum atomic E-state index is 9.78. The molecule has 5 nitrogen and oxygen atoms in total.